The minimum atomic E-state index is -0.0238. The molecule has 0 atom stereocenters. The third kappa shape index (κ3) is 6.35. The fourth-order valence-electron chi connectivity index (χ4n) is 4.50. The smallest absolute Gasteiger partial charge is 0.262 e. The molecular formula is C25H38N4O2S. The molecule has 1 aromatic carbocycles. The first-order valence-electron chi connectivity index (χ1n) is 12.0. The number of hydrogen-bond acceptors (Lipinski definition) is 5. The van der Waals surface area contributed by atoms with Crippen molar-refractivity contribution in [2.24, 2.45) is 0 Å². The summed E-state index contributed by atoms with van der Waals surface area (Å²) >= 11 is 1.40. The van der Waals surface area contributed by atoms with Crippen LogP contribution in [0.1, 0.15) is 59.8 Å². The Kier molecular flexibility index (Phi) is 9.17. The molecule has 7 heteroatoms. The first kappa shape index (κ1) is 24.8. The highest BCUT2D eigenvalue weighted by Gasteiger charge is 2.19. The van der Waals surface area contributed by atoms with E-state index in [0.29, 0.717) is 40.4 Å². The molecule has 2 heterocycles. The zero-order valence-electron chi connectivity index (χ0n) is 20.0. The van der Waals surface area contributed by atoms with Gasteiger partial charge in [-0.05, 0) is 52.7 Å². The van der Waals surface area contributed by atoms with Gasteiger partial charge >= 0.3 is 0 Å². The highest BCUT2D eigenvalue weighted by molar-refractivity contribution is 7.99. The molecule has 3 rings (SSSR count). The molecule has 1 saturated heterocycles. The Labute approximate surface area is 196 Å². The van der Waals surface area contributed by atoms with E-state index in [4.69, 9.17) is 4.98 Å². The summed E-state index contributed by atoms with van der Waals surface area (Å²) in [6.45, 7) is 11.7. The molecule has 1 aromatic heterocycles. The quantitative estimate of drug-likeness (QED) is 0.433. The van der Waals surface area contributed by atoms with Gasteiger partial charge in [0.25, 0.3) is 5.56 Å². The lowest BCUT2D eigenvalue weighted by atomic mass is 10.1. The Hall–Kier alpha value is -1.86. The lowest BCUT2D eigenvalue weighted by Gasteiger charge is -2.31. The number of benzene rings is 1. The van der Waals surface area contributed by atoms with Crippen LogP contribution in [0, 0.1) is 0 Å². The molecule has 176 valence electrons. The number of carbonyl (C=O) groups is 1. The summed E-state index contributed by atoms with van der Waals surface area (Å²) in [7, 11) is 0. The zero-order chi connectivity index (χ0) is 23.1. The van der Waals surface area contributed by atoms with Crippen LogP contribution in [0.4, 0.5) is 0 Å². The topological polar surface area (TPSA) is 58.4 Å². The molecule has 1 amide bonds. The second-order valence-corrected chi connectivity index (χ2v) is 10.2. The summed E-state index contributed by atoms with van der Waals surface area (Å²) in [6, 6.07) is 8.28. The van der Waals surface area contributed by atoms with Gasteiger partial charge in [-0.15, -0.1) is 0 Å². The Bertz CT molecular complexity index is 941. The molecule has 0 radical (unpaired) electrons. The predicted molar refractivity (Wildman–Crippen MR) is 133 cm³/mol. The molecule has 6 nitrogen and oxygen atoms in total. The standard InChI is InChI=1S/C25H38N4O2S/c1-19(2)28(20(3)4)16-17-29-24(31)21-12-8-9-13-22(21)26-25(29)32-18-23(30)27-14-10-6-5-7-11-15-27/h8-9,12-13,19-20H,5-7,10-11,14-18H2,1-4H3. The third-order valence-corrected chi connectivity index (χ3v) is 7.23. The maximum absolute atomic E-state index is 13.3. The maximum Gasteiger partial charge on any atom is 0.262 e. The molecule has 0 N–H and O–H groups in total. The van der Waals surface area contributed by atoms with Crippen LogP contribution in [0.5, 0.6) is 0 Å². The Balaban J connectivity index is 1.81. The molecule has 1 fully saturated rings. The maximum atomic E-state index is 13.3. The van der Waals surface area contributed by atoms with Crippen LogP contribution in [-0.2, 0) is 11.3 Å². The van der Waals surface area contributed by atoms with Crippen LogP contribution < -0.4 is 5.56 Å². The lowest BCUT2D eigenvalue weighted by molar-refractivity contribution is -0.128. The molecule has 0 aliphatic carbocycles. The average Bonchev–Trinajstić information content (AvgIpc) is 2.73. The van der Waals surface area contributed by atoms with Crippen molar-refractivity contribution in [3.05, 3.63) is 34.6 Å². The summed E-state index contributed by atoms with van der Waals surface area (Å²) in [6.07, 6.45) is 5.83. The van der Waals surface area contributed by atoms with Gasteiger partial charge in [-0.1, -0.05) is 43.2 Å². The van der Waals surface area contributed by atoms with Crippen molar-refractivity contribution in [2.75, 3.05) is 25.4 Å². The van der Waals surface area contributed by atoms with Gasteiger partial charge in [0.1, 0.15) is 0 Å². The van der Waals surface area contributed by atoms with E-state index >= 15 is 0 Å². The molecule has 1 aliphatic heterocycles. The molecule has 2 aromatic rings. The van der Waals surface area contributed by atoms with Crippen LogP contribution in [-0.4, -0.2) is 62.7 Å². The molecule has 0 spiro atoms. The van der Waals surface area contributed by atoms with Crippen molar-refractivity contribution < 1.29 is 4.79 Å². The second kappa shape index (κ2) is 11.8. The van der Waals surface area contributed by atoms with Crippen LogP contribution in [0.2, 0.25) is 0 Å². The van der Waals surface area contributed by atoms with Crippen molar-refractivity contribution in [3.8, 4) is 0 Å². The van der Waals surface area contributed by atoms with Gasteiger partial charge in [-0.25, -0.2) is 4.98 Å². The molecular weight excluding hydrogens is 420 g/mol. The Morgan fingerprint density at radius 2 is 1.66 bits per heavy atom. The summed E-state index contributed by atoms with van der Waals surface area (Å²) < 4.78 is 1.77. The zero-order valence-corrected chi connectivity index (χ0v) is 20.9. The van der Waals surface area contributed by atoms with E-state index in [2.05, 4.69) is 32.6 Å². The van der Waals surface area contributed by atoms with E-state index in [1.807, 2.05) is 29.2 Å². The van der Waals surface area contributed by atoms with Crippen LogP contribution in [0.25, 0.3) is 10.9 Å². The first-order chi connectivity index (χ1) is 15.4. The van der Waals surface area contributed by atoms with Gasteiger partial charge in [0.05, 0.1) is 16.7 Å². The van der Waals surface area contributed by atoms with Gasteiger partial charge in [-0.3, -0.25) is 19.1 Å². The van der Waals surface area contributed by atoms with E-state index in [9.17, 15) is 9.59 Å². The molecule has 0 unspecified atom stereocenters. The third-order valence-electron chi connectivity index (χ3n) is 6.27. The Morgan fingerprint density at radius 3 is 2.31 bits per heavy atom. The first-order valence-corrected chi connectivity index (χ1v) is 13.0. The summed E-state index contributed by atoms with van der Waals surface area (Å²) in [5.41, 5.74) is 0.670. The number of aromatic nitrogens is 2. The minimum Gasteiger partial charge on any atom is -0.342 e. The van der Waals surface area contributed by atoms with Crippen LogP contribution in [0.15, 0.2) is 34.2 Å². The largest absolute Gasteiger partial charge is 0.342 e. The van der Waals surface area contributed by atoms with E-state index < -0.39 is 0 Å². The predicted octanol–water partition coefficient (Wildman–Crippen LogP) is 4.40. The average molecular weight is 459 g/mol. The van der Waals surface area contributed by atoms with Gasteiger partial charge in [0, 0.05) is 38.3 Å². The fourth-order valence-corrected chi connectivity index (χ4v) is 5.43. The van der Waals surface area contributed by atoms with E-state index in [-0.39, 0.29) is 11.5 Å². The number of amides is 1. The van der Waals surface area contributed by atoms with E-state index in [1.165, 1.54) is 31.0 Å². The number of carbonyl (C=O) groups excluding carboxylic acids is 1. The molecule has 32 heavy (non-hydrogen) atoms. The highest BCUT2D eigenvalue weighted by atomic mass is 32.2. The summed E-state index contributed by atoms with van der Waals surface area (Å²) in [4.78, 5) is 35.4. The summed E-state index contributed by atoms with van der Waals surface area (Å²) in [5, 5.41) is 1.27. The van der Waals surface area contributed by atoms with Gasteiger partial charge in [0.2, 0.25) is 5.91 Å². The number of likely N-dealkylation sites (tertiary alicyclic amines) is 1. The van der Waals surface area contributed by atoms with Crippen molar-refractivity contribution in [2.45, 2.75) is 83.6 Å². The normalized spacial score (nSPS) is 15.5. The SMILES string of the molecule is CC(C)N(CCn1c(SCC(=O)N2CCCCCCC2)nc2ccccc2c1=O)C(C)C. The number of fused-ring (bicyclic) bond motifs is 1. The lowest BCUT2D eigenvalue weighted by Crippen LogP contribution is -2.40. The van der Waals surface area contributed by atoms with Crippen molar-refractivity contribution in [3.63, 3.8) is 0 Å². The van der Waals surface area contributed by atoms with Gasteiger partial charge < -0.3 is 4.90 Å². The van der Waals surface area contributed by atoms with Crippen molar-refractivity contribution >= 4 is 28.6 Å². The van der Waals surface area contributed by atoms with Crippen molar-refractivity contribution in [1.82, 2.24) is 19.4 Å². The number of thioether (sulfide) groups is 1. The van der Waals surface area contributed by atoms with Gasteiger partial charge in [-0.2, -0.15) is 0 Å². The highest BCUT2D eigenvalue weighted by Crippen LogP contribution is 2.20. The number of para-hydroxylation sites is 1. The molecule has 1 aliphatic rings. The van der Waals surface area contributed by atoms with Crippen molar-refractivity contribution in [1.29, 1.82) is 0 Å². The minimum absolute atomic E-state index is 0.0238. The van der Waals surface area contributed by atoms with E-state index in [0.717, 1.165) is 32.5 Å². The summed E-state index contributed by atoms with van der Waals surface area (Å²) in [5.74, 6) is 0.472. The van der Waals surface area contributed by atoms with Crippen LogP contribution in [0.3, 0.4) is 0 Å². The second-order valence-electron chi connectivity index (χ2n) is 9.23. The van der Waals surface area contributed by atoms with Crippen LogP contribution >= 0.6 is 11.8 Å². The van der Waals surface area contributed by atoms with E-state index in [1.54, 1.807) is 4.57 Å². The number of hydrogen-bond donors (Lipinski definition) is 0. The molecule has 0 saturated carbocycles. The number of rotatable bonds is 8. The number of nitrogens with zero attached hydrogens (tertiary/aromatic N) is 4. The fraction of sp³-hybridized carbons (Fsp3) is 0.640. The molecule has 0 bridgehead atoms. The Morgan fingerprint density at radius 1 is 1.03 bits per heavy atom. The monoisotopic (exact) mass is 458 g/mol. The van der Waals surface area contributed by atoms with Gasteiger partial charge in [0.15, 0.2) is 5.16 Å².